The van der Waals surface area contributed by atoms with Gasteiger partial charge in [-0.25, -0.2) is 4.79 Å². The third-order valence-corrected chi connectivity index (χ3v) is 1.75. The Kier molecular flexibility index (Phi) is 2.29. The number of hydrogen-bond acceptors (Lipinski definition) is 3. The molecule has 0 aromatic carbocycles. The Morgan fingerprint density at radius 3 is 2.55 bits per heavy atom. The monoisotopic (exact) mass is 156 g/mol. The van der Waals surface area contributed by atoms with Crippen molar-refractivity contribution in [2.45, 2.75) is 26.9 Å². The third kappa shape index (κ3) is 1.43. The van der Waals surface area contributed by atoms with Gasteiger partial charge in [0.2, 0.25) is 0 Å². The Labute approximate surface area is 66.0 Å². The highest BCUT2D eigenvalue weighted by atomic mass is 16.6. The maximum absolute atomic E-state index is 11.0. The highest BCUT2D eigenvalue weighted by Crippen LogP contribution is 2.22. The Bertz CT molecular complexity index is 205. The molecule has 11 heavy (non-hydrogen) atoms. The fraction of sp³-hybridized carbons (Fsp3) is 0.625. The summed E-state index contributed by atoms with van der Waals surface area (Å²) in [5.74, 6) is 0.385. The molecule has 1 heterocycles. The van der Waals surface area contributed by atoms with Crippen LogP contribution in [-0.4, -0.2) is 18.7 Å². The molecule has 0 fully saturated rings. The fourth-order valence-corrected chi connectivity index (χ4v) is 1.01. The van der Waals surface area contributed by atoms with Gasteiger partial charge in [0.25, 0.3) is 0 Å². The molecule has 3 nitrogen and oxygen atoms in total. The standard InChI is InChI=1S/C8H12O3/c1-4-10-7-5(2)6(3)11-8(7)9/h7H,4H2,1-3H3. The van der Waals surface area contributed by atoms with Crippen LogP contribution in [0.15, 0.2) is 11.3 Å². The molecule has 0 aliphatic carbocycles. The van der Waals surface area contributed by atoms with Crippen molar-refractivity contribution in [3.05, 3.63) is 11.3 Å². The minimum absolute atomic E-state index is 0.290. The van der Waals surface area contributed by atoms with Crippen molar-refractivity contribution < 1.29 is 14.3 Å². The summed E-state index contributed by atoms with van der Waals surface area (Å²) in [7, 11) is 0. The highest BCUT2D eigenvalue weighted by Gasteiger charge is 2.31. The lowest BCUT2D eigenvalue weighted by Crippen LogP contribution is -2.21. The number of carbonyl (C=O) groups excluding carboxylic acids is 1. The van der Waals surface area contributed by atoms with E-state index in [0.717, 1.165) is 5.57 Å². The number of cyclic esters (lactones) is 1. The molecule has 0 bridgehead atoms. The average Bonchev–Trinajstić information content (AvgIpc) is 2.17. The zero-order valence-corrected chi connectivity index (χ0v) is 7.01. The van der Waals surface area contributed by atoms with Gasteiger partial charge >= 0.3 is 5.97 Å². The van der Waals surface area contributed by atoms with Crippen LogP contribution in [0.25, 0.3) is 0 Å². The van der Waals surface area contributed by atoms with Crippen molar-refractivity contribution in [3.63, 3.8) is 0 Å². The lowest BCUT2D eigenvalue weighted by atomic mass is 10.2. The summed E-state index contributed by atoms with van der Waals surface area (Å²) in [6, 6.07) is 0. The first kappa shape index (κ1) is 8.27. The van der Waals surface area contributed by atoms with Crippen LogP contribution in [0, 0.1) is 0 Å². The van der Waals surface area contributed by atoms with E-state index in [2.05, 4.69) is 0 Å². The number of rotatable bonds is 2. The molecule has 1 atom stereocenters. The minimum Gasteiger partial charge on any atom is -0.429 e. The molecule has 0 N–H and O–H groups in total. The van der Waals surface area contributed by atoms with Gasteiger partial charge in [0.05, 0.1) is 0 Å². The van der Waals surface area contributed by atoms with Crippen molar-refractivity contribution in [2.24, 2.45) is 0 Å². The van der Waals surface area contributed by atoms with E-state index in [1.165, 1.54) is 0 Å². The molecule has 0 aromatic rings. The second-order valence-electron chi connectivity index (χ2n) is 2.50. The van der Waals surface area contributed by atoms with E-state index in [9.17, 15) is 4.79 Å². The highest BCUT2D eigenvalue weighted by molar-refractivity contribution is 5.82. The van der Waals surface area contributed by atoms with Crippen LogP contribution in [0.4, 0.5) is 0 Å². The van der Waals surface area contributed by atoms with Crippen LogP contribution in [-0.2, 0) is 14.3 Å². The zero-order valence-electron chi connectivity index (χ0n) is 7.01. The first-order chi connectivity index (χ1) is 5.16. The van der Waals surface area contributed by atoms with Crippen LogP contribution < -0.4 is 0 Å². The smallest absolute Gasteiger partial charge is 0.344 e. The summed E-state index contributed by atoms with van der Waals surface area (Å²) in [5, 5.41) is 0. The number of carbonyl (C=O) groups is 1. The molecule has 0 aromatic heterocycles. The fourth-order valence-electron chi connectivity index (χ4n) is 1.01. The Balaban J connectivity index is 2.71. The number of hydrogen-bond donors (Lipinski definition) is 0. The van der Waals surface area contributed by atoms with E-state index in [1.807, 2.05) is 13.8 Å². The van der Waals surface area contributed by atoms with Crippen LogP contribution >= 0.6 is 0 Å². The predicted molar refractivity (Wildman–Crippen MR) is 39.9 cm³/mol. The normalized spacial score (nSPS) is 24.3. The Hall–Kier alpha value is -0.830. The molecule has 0 spiro atoms. The summed E-state index contributed by atoms with van der Waals surface area (Å²) in [6.45, 7) is 6.01. The molecule has 0 saturated carbocycles. The van der Waals surface area contributed by atoms with Gasteiger partial charge in [0.1, 0.15) is 5.76 Å². The van der Waals surface area contributed by atoms with E-state index in [0.29, 0.717) is 12.4 Å². The maximum Gasteiger partial charge on any atom is 0.344 e. The van der Waals surface area contributed by atoms with Crippen LogP contribution in [0.3, 0.4) is 0 Å². The summed E-state index contributed by atoms with van der Waals surface area (Å²) < 4.78 is 10.0. The average molecular weight is 156 g/mol. The summed E-state index contributed by atoms with van der Waals surface area (Å²) in [6.07, 6.45) is -0.458. The molecular formula is C8H12O3. The molecule has 1 aliphatic rings. The molecule has 3 heteroatoms. The van der Waals surface area contributed by atoms with E-state index in [-0.39, 0.29) is 5.97 Å². The number of esters is 1. The van der Waals surface area contributed by atoms with E-state index in [4.69, 9.17) is 9.47 Å². The number of ether oxygens (including phenoxy) is 2. The SMILES string of the molecule is CCOC1C(=O)OC(C)=C1C. The van der Waals surface area contributed by atoms with Crippen LogP contribution in [0.1, 0.15) is 20.8 Å². The molecule has 62 valence electrons. The van der Waals surface area contributed by atoms with E-state index >= 15 is 0 Å². The molecular weight excluding hydrogens is 144 g/mol. The lowest BCUT2D eigenvalue weighted by Gasteiger charge is -2.06. The quantitative estimate of drug-likeness (QED) is 0.564. The van der Waals surface area contributed by atoms with Crippen molar-refractivity contribution >= 4 is 5.97 Å². The molecule has 0 saturated heterocycles. The van der Waals surface area contributed by atoms with Crippen molar-refractivity contribution in [1.82, 2.24) is 0 Å². The number of allylic oxidation sites excluding steroid dienone is 1. The molecule has 1 rings (SSSR count). The molecule has 1 unspecified atom stereocenters. The van der Waals surface area contributed by atoms with Gasteiger partial charge in [-0.2, -0.15) is 0 Å². The summed E-state index contributed by atoms with van der Waals surface area (Å²) in [4.78, 5) is 11.0. The molecule has 0 radical (unpaired) electrons. The Morgan fingerprint density at radius 1 is 1.55 bits per heavy atom. The van der Waals surface area contributed by atoms with Crippen LogP contribution in [0.2, 0.25) is 0 Å². The second-order valence-corrected chi connectivity index (χ2v) is 2.50. The minimum atomic E-state index is -0.458. The summed E-state index contributed by atoms with van der Waals surface area (Å²) >= 11 is 0. The largest absolute Gasteiger partial charge is 0.429 e. The van der Waals surface area contributed by atoms with E-state index in [1.54, 1.807) is 6.92 Å². The van der Waals surface area contributed by atoms with Gasteiger partial charge < -0.3 is 9.47 Å². The van der Waals surface area contributed by atoms with E-state index < -0.39 is 6.10 Å². The third-order valence-electron chi connectivity index (χ3n) is 1.75. The maximum atomic E-state index is 11.0. The zero-order chi connectivity index (χ0) is 8.43. The predicted octanol–water partition coefficient (Wildman–Crippen LogP) is 1.24. The van der Waals surface area contributed by atoms with Gasteiger partial charge in [-0.1, -0.05) is 0 Å². The first-order valence-electron chi connectivity index (χ1n) is 3.67. The van der Waals surface area contributed by atoms with Gasteiger partial charge in [-0.3, -0.25) is 0 Å². The van der Waals surface area contributed by atoms with Crippen molar-refractivity contribution in [2.75, 3.05) is 6.61 Å². The Morgan fingerprint density at radius 2 is 2.18 bits per heavy atom. The first-order valence-corrected chi connectivity index (χ1v) is 3.67. The van der Waals surface area contributed by atoms with Gasteiger partial charge in [0.15, 0.2) is 6.10 Å². The molecule has 0 amide bonds. The van der Waals surface area contributed by atoms with Crippen LogP contribution in [0.5, 0.6) is 0 Å². The van der Waals surface area contributed by atoms with Crippen molar-refractivity contribution in [3.8, 4) is 0 Å². The van der Waals surface area contributed by atoms with Crippen molar-refractivity contribution in [1.29, 1.82) is 0 Å². The topological polar surface area (TPSA) is 35.5 Å². The summed E-state index contributed by atoms with van der Waals surface area (Å²) in [5.41, 5.74) is 0.886. The van der Waals surface area contributed by atoms with Gasteiger partial charge in [-0.05, 0) is 20.8 Å². The van der Waals surface area contributed by atoms with Gasteiger partial charge in [0, 0.05) is 12.2 Å². The second kappa shape index (κ2) is 3.05. The lowest BCUT2D eigenvalue weighted by molar-refractivity contribution is -0.146. The molecule has 1 aliphatic heterocycles. The van der Waals surface area contributed by atoms with Gasteiger partial charge in [-0.15, -0.1) is 0 Å².